The third-order valence-corrected chi connectivity index (χ3v) is 8.83. The molecular weight excluding hydrogens is 557 g/mol. The van der Waals surface area contributed by atoms with Gasteiger partial charge in [0, 0.05) is 28.7 Å². The largest absolute Gasteiger partial charge is 0.355 e. The topological polar surface area (TPSA) is 86.8 Å². The number of hydrogen-bond acceptors (Lipinski definition) is 4. The molecule has 3 aromatic carbocycles. The molecule has 1 unspecified atom stereocenters. The van der Waals surface area contributed by atoms with Gasteiger partial charge in [-0.15, -0.1) is 0 Å². The molecule has 7 nitrogen and oxygen atoms in total. The van der Waals surface area contributed by atoms with Crippen LogP contribution in [0.4, 0.5) is 5.69 Å². The first-order valence-electron chi connectivity index (χ1n) is 12.7. The summed E-state index contributed by atoms with van der Waals surface area (Å²) in [6, 6.07) is 17.4. The Bertz CT molecular complexity index is 1390. The van der Waals surface area contributed by atoms with Crippen LogP contribution in [0.25, 0.3) is 0 Å². The van der Waals surface area contributed by atoms with E-state index in [0.717, 1.165) is 15.4 Å². The van der Waals surface area contributed by atoms with Gasteiger partial charge in [0.15, 0.2) is 0 Å². The van der Waals surface area contributed by atoms with Crippen LogP contribution in [0.15, 0.2) is 71.6 Å². The minimum absolute atomic E-state index is 0.0536. The second kappa shape index (κ2) is 13.3. The number of nitrogens with zero attached hydrogens (tertiary/aromatic N) is 2. The van der Waals surface area contributed by atoms with E-state index >= 15 is 0 Å². The number of halogens is 2. The van der Waals surface area contributed by atoms with Gasteiger partial charge < -0.3 is 10.2 Å². The van der Waals surface area contributed by atoms with Crippen LogP contribution in [0.1, 0.15) is 37.0 Å². The third-order valence-electron chi connectivity index (χ3n) is 6.34. The van der Waals surface area contributed by atoms with Crippen LogP contribution in [0.5, 0.6) is 0 Å². The van der Waals surface area contributed by atoms with Crippen molar-refractivity contribution in [1.29, 1.82) is 0 Å². The zero-order valence-electron chi connectivity index (χ0n) is 22.4. The summed E-state index contributed by atoms with van der Waals surface area (Å²) < 4.78 is 28.8. The molecule has 10 heteroatoms. The molecule has 208 valence electrons. The fourth-order valence-corrected chi connectivity index (χ4v) is 6.07. The maximum atomic E-state index is 14.0. The fraction of sp³-hybridized carbons (Fsp3) is 0.310. The van der Waals surface area contributed by atoms with Crippen molar-refractivity contribution in [2.45, 2.75) is 51.6 Å². The van der Waals surface area contributed by atoms with E-state index in [4.69, 9.17) is 23.2 Å². The summed E-state index contributed by atoms with van der Waals surface area (Å²) >= 11 is 12.8. The summed E-state index contributed by atoms with van der Waals surface area (Å²) in [5.74, 6) is -0.917. The van der Waals surface area contributed by atoms with Crippen LogP contribution in [0.3, 0.4) is 0 Å². The molecule has 0 saturated carbocycles. The Morgan fingerprint density at radius 1 is 0.872 bits per heavy atom. The van der Waals surface area contributed by atoms with Gasteiger partial charge in [-0.25, -0.2) is 8.42 Å². The lowest BCUT2D eigenvalue weighted by Gasteiger charge is -2.33. The predicted octanol–water partition coefficient (Wildman–Crippen LogP) is 5.75. The molecule has 3 rings (SSSR count). The number of sulfonamides is 1. The maximum absolute atomic E-state index is 14.0. The zero-order valence-corrected chi connectivity index (χ0v) is 24.8. The molecule has 0 aliphatic carbocycles. The van der Waals surface area contributed by atoms with Crippen LogP contribution in [-0.2, 0) is 26.2 Å². The highest BCUT2D eigenvalue weighted by Gasteiger charge is 2.34. The Morgan fingerprint density at radius 3 is 1.92 bits per heavy atom. The molecule has 2 amide bonds. The number of carbonyl (C=O) groups is 2. The molecule has 0 spiro atoms. The molecule has 1 atom stereocenters. The normalized spacial score (nSPS) is 12.1. The summed E-state index contributed by atoms with van der Waals surface area (Å²) in [4.78, 5) is 28.4. The quantitative estimate of drug-likeness (QED) is 0.308. The van der Waals surface area contributed by atoms with Gasteiger partial charge >= 0.3 is 0 Å². The van der Waals surface area contributed by atoms with Crippen LogP contribution in [0.2, 0.25) is 10.0 Å². The SMILES string of the molecule is CCNC(=O)C(CC)N(Cc1c(Cl)cccc1Cl)C(=O)CN(c1ccc(C)cc1)S(=O)(=O)c1ccc(C)cc1. The zero-order chi connectivity index (χ0) is 28.7. The second-order valence-electron chi connectivity index (χ2n) is 9.20. The van der Waals surface area contributed by atoms with Crippen molar-refractivity contribution in [1.82, 2.24) is 10.2 Å². The predicted molar refractivity (Wildman–Crippen MR) is 157 cm³/mol. The Kier molecular flexibility index (Phi) is 10.4. The van der Waals surface area contributed by atoms with Gasteiger partial charge in [0.2, 0.25) is 11.8 Å². The van der Waals surface area contributed by atoms with Gasteiger partial charge in [0.25, 0.3) is 10.0 Å². The molecule has 0 heterocycles. The first kappa shape index (κ1) is 30.5. The minimum Gasteiger partial charge on any atom is -0.355 e. The number of carbonyl (C=O) groups excluding carboxylic acids is 2. The Labute approximate surface area is 240 Å². The number of likely N-dealkylation sites (N-methyl/N-ethyl adjacent to an activating group) is 1. The highest BCUT2D eigenvalue weighted by atomic mass is 35.5. The Hall–Kier alpha value is -3.07. The smallest absolute Gasteiger partial charge is 0.264 e. The molecule has 0 saturated heterocycles. The first-order valence-corrected chi connectivity index (χ1v) is 14.8. The minimum atomic E-state index is -4.13. The number of benzene rings is 3. The number of aryl methyl sites for hydroxylation is 2. The van der Waals surface area contributed by atoms with E-state index in [1.165, 1.54) is 17.0 Å². The number of nitrogens with one attached hydrogen (secondary N) is 1. The van der Waals surface area contributed by atoms with E-state index in [0.29, 0.717) is 34.3 Å². The fourth-order valence-electron chi connectivity index (χ4n) is 4.14. The highest BCUT2D eigenvalue weighted by molar-refractivity contribution is 7.92. The molecule has 0 bridgehead atoms. The molecule has 39 heavy (non-hydrogen) atoms. The molecule has 1 N–H and O–H groups in total. The average Bonchev–Trinajstić information content (AvgIpc) is 2.89. The summed E-state index contributed by atoms with van der Waals surface area (Å²) in [5, 5.41) is 3.45. The van der Waals surface area contributed by atoms with Crippen LogP contribution in [-0.4, -0.2) is 44.3 Å². The lowest BCUT2D eigenvalue weighted by molar-refractivity contribution is -0.140. The van der Waals surface area contributed by atoms with Crippen molar-refractivity contribution in [2.75, 3.05) is 17.4 Å². The van der Waals surface area contributed by atoms with Gasteiger partial charge in [0.1, 0.15) is 12.6 Å². The van der Waals surface area contributed by atoms with E-state index in [1.54, 1.807) is 68.4 Å². The van der Waals surface area contributed by atoms with Crippen molar-refractivity contribution in [3.63, 3.8) is 0 Å². The van der Waals surface area contributed by atoms with Crippen molar-refractivity contribution >= 4 is 50.7 Å². The number of hydrogen-bond donors (Lipinski definition) is 1. The van der Waals surface area contributed by atoms with Gasteiger partial charge in [-0.05, 0) is 63.6 Å². The summed E-state index contributed by atoms with van der Waals surface area (Å²) in [7, 11) is -4.13. The van der Waals surface area contributed by atoms with Gasteiger partial charge in [-0.1, -0.05) is 71.6 Å². The Balaban J connectivity index is 2.09. The van der Waals surface area contributed by atoms with E-state index in [9.17, 15) is 18.0 Å². The Morgan fingerprint density at radius 2 is 1.41 bits per heavy atom. The molecule has 0 aliphatic heterocycles. The lowest BCUT2D eigenvalue weighted by Crippen LogP contribution is -2.52. The third kappa shape index (κ3) is 7.32. The maximum Gasteiger partial charge on any atom is 0.264 e. The number of anilines is 1. The monoisotopic (exact) mass is 589 g/mol. The average molecular weight is 591 g/mol. The van der Waals surface area contributed by atoms with E-state index in [1.807, 2.05) is 13.8 Å². The number of amides is 2. The van der Waals surface area contributed by atoms with Crippen molar-refractivity contribution < 1.29 is 18.0 Å². The van der Waals surface area contributed by atoms with Crippen molar-refractivity contribution in [3.8, 4) is 0 Å². The first-order chi connectivity index (χ1) is 18.5. The van der Waals surface area contributed by atoms with Crippen molar-refractivity contribution in [3.05, 3.63) is 93.5 Å². The van der Waals surface area contributed by atoms with Crippen LogP contribution < -0.4 is 9.62 Å². The van der Waals surface area contributed by atoms with E-state index < -0.39 is 28.5 Å². The van der Waals surface area contributed by atoms with Crippen LogP contribution in [0, 0.1) is 13.8 Å². The van der Waals surface area contributed by atoms with Gasteiger partial charge in [-0.3, -0.25) is 13.9 Å². The van der Waals surface area contributed by atoms with Gasteiger partial charge in [0.05, 0.1) is 10.6 Å². The summed E-state index contributed by atoms with van der Waals surface area (Å²) in [6.45, 7) is 7.10. The second-order valence-corrected chi connectivity index (χ2v) is 11.9. The summed E-state index contributed by atoms with van der Waals surface area (Å²) in [6.07, 6.45) is 0.300. The molecule has 3 aromatic rings. The van der Waals surface area contributed by atoms with Crippen LogP contribution >= 0.6 is 23.2 Å². The molecule has 0 aromatic heterocycles. The molecular formula is C29H33Cl2N3O4S. The lowest BCUT2D eigenvalue weighted by atomic mass is 10.1. The van der Waals surface area contributed by atoms with Crippen molar-refractivity contribution in [2.24, 2.45) is 0 Å². The standard InChI is InChI=1S/C29H33Cl2N3O4S/c1-5-27(29(36)32-6-2)33(18-24-25(30)8-7-9-26(24)31)28(35)19-34(22-14-10-20(3)11-15-22)39(37,38)23-16-12-21(4)13-17-23/h7-17,27H,5-6,18-19H2,1-4H3,(H,32,36). The van der Waals surface area contributed by atoms with E-state index in [2.05, 4.69) is 5.32 Å². The number of rotatable bonds is 11. The van der Waals surface area contributed by atoms with E-state index in [-0.39, 0.29) is 17.3 Å². The molecule has 0 fully saturated rings. The molecule has 0 radical (unpaired) electrons. The van der Waals surface area contributed by atoms with Gasteiger partial charge in [-0.2, -0.15) is 0 Å². The summed E-state index contributed by atoms with van der Waals surface area (Å²) in [5.41, 5.74) is 2.65. The molecule has 0 aliphatic rings. The highest BCUT2D eigenvalue weighted by Crippen LogP contribution is 2.29.